The molecule has 0 aliphatic rings. The highest BCUT2D eigenvalue weighted by molar-refractivity contribution is 9.10. The summed E-state index contributed by atoms with van der Waals surface area (Å²) in [6, 6.07) is 9.18. The van der Waals surface area contributed by atoms with Gasteiger partial charge in [0, 0.05) is 10.0 Å². The summed E-state index contributed by atoms with van der Waals surface area (Å²) in [5, 5.41) is 0. The molecule has 1 atom stereocenters. The second kappa shape index (κ2) is 4.79. The van der Waals surface area contributed by atoms with E-state index in [-0.39, 0.29) is 5.95 Å². The van der Waals surface area contributed by atoms with Crippen LogP contribution >= 0.6 is 15.9 Å². The summed E-state index contributed by atoms with van der Waals surface area (Å²) in [5.74, 6) is 0.0879. The first kappa shape index (κ1) is 12.0. The molecular formula is C12H11BrFN3. The second-order valence-electron chi connectivity index (χ2n) is 3.66. The fraction of sp³-hybridized carbons (Fsp3) is 0.167. The summed E-state index contributed by atoms with van der Waals surface area (Å²) in [5.41, 5.74) is 7.38. The van der Waals surface area contributed by atoms with E-state index in [0.29, 0.717) is 11.4 Å². The molecule has 0 spiro atoms. The third-order valence-corrected chi connectivity index (χ3v) is 2.84. The largest absolute Gasteiger partial charge is 0.368 e. The van der Waals surface area contributed by atoms with Crippen molar-refractivity contribution in [2.45, 2.75) is 13.1 Å². The zero-order valence-corrected chi connectivity index (χ0v) is 10.8. The normalized spacial score (nSPS) is 12.4. The Morgan fingerprint density at radius 3 is 2.47 bits per heavy atom. The maximum absolute atomic E-state index is 13.2. The Morgan fingerprint density at radius 1 is 1.24 bits per heavy atom. The van der Waals surface area contributed by atoms with Crippen molar-refractivity contribution in [1.82, 2.24) is 9.97 Å². The van der Waals surface area contributed by atoms with Gasteiger partial charge in [-0.1, -0.05) is 28.1 Å². The van der Waals surface area contributed by atoms with Gasteiger partial charge >= 0.3 is 0 Å². The van der Waals surface area contributed by atoms with Gasteiger partial charge in [0.2, 0.25) is 5.95 Å². The lowest BCUT2D eigenvalue weighted by molar-refractivity contribution is 0.366. The van der Waals surface area contributed by atoms with E-state index in [1.165, 1.54) is 6.92 Å². The first-order valence-corrected chi connectivity index (χ1v) is 5.90. The fourth-order valence-electron chi connectivity index (χ4n) is 1.46. The fourth-order valence-corrected chi connectivity index (χ4v) is 1.72. The van der Waals surface area contributed by atoms with E-state index < -0.39 is 6.17 Å². The number of aromatic nitrogens is 2. The number of nitrogens with zero attached hydrogens (tertiary/aromatic N) is 2. The summed E-state index contributed by atoms with van der Waals surface area (Å²) in [4.78, 5) is 7.96. The molecule has 2 rings (SSSR count). The van der Waals surface area contributed by atoms with E-state index in [2.05, 4.69) is 25.9 Å². The number of benzene rings is 1. The van der Waals surface area contributed by atoms with Gasteiger partial charge in [-0.05, 0) is 25.1 Å². The zero-order valence-electron chi connectivity index (χ0n) is 9.19. The van der Waals surface area contributed by atoms with Crippen LogP contribution in [0.2, 0.25) is 0 Å². The van der Waals surface area contributed by atoms with Gasteiger partial charge in [-0.2, -0.15) is 0 Å². The van der Waals surface area contributed by atoms with Crippen LogP contribution in [0.5, 0.6) is 0 Å². The van der Waals surface area contributed by atoms with Gasteiger partial charge in [0.1, 0.15) is 6.17 Å². The lowest BCUT2D eigenvalue weighted by atomic mass is 10.1. The third kappa shape index (κ3) is 2.79. The highest BCUT2D eigenvalue weighted by Gasteiger charge is 2.09. The highest BCUT2D eigenvalue weighted by atomic mass is 79.9. The monoisotopic (exact) mass is 295 g/mol. The number of hydrogen-bond donors (Lipinski definition) is 1. The van der Waals surface area contributed by atoms with Crippen LogP contribution in [0.1, 0.15) is 18.8 Å². The number of nitrogen functional groups attached to an aromatic ring is 1. The maximum atomic E-state index is 13.2. The zero-order chi connectivity index (χ0) is 12.4. The molecule has 1 aromatic carbocycles. The van der Waals surface area contributed by atoms with Crippen molar-refractivity contribution < 1.29 is 4.39 Å². The van der Waals surface area contributed by atoms with Crippen LogP contribution < -0.4 is 5.73 Å². The van der Waals surface area contributed by atoms with E-state index in [9.17, 15) is 4.39 Å². The Balaban J connectivity index is 2.48. The first-order chi connectivity index (χ1) is 8.06. The topological polar surface area (TPSA) is 51.8 Å². The highest BCUT2D eigenvalue weighted by Crippen LogP contribution is 2.24. The molecule has 88 valence electrons. The van der Waals surface area contributed by atoms with E-state index in [1.807, 2.05) is 24.3 Å². The number of hydrogen-bond acceptors (Lipinski definition) is 3. The van der Waals surface area contributed by atoms with E-state index in [1.54, 1.807) is 6.07 Å². The molecule has 1 heterocycles. The predicted octanol–water partition coefficient (Wildman–Crippen LogP) is 3.52. The molecule has 2 aromatic rings. The summed E-state index contributed by atoms with van der Waals surface area (Å²) < 4.78 is 14.2. The Morgan fingerprint density at radius 2 is 1.88 bits per heavy atom. The van der Waals surface area contributed by atoms with Crippen LogP contribution in [-0.2, 0) is 0 Å². The molecule has 5 heteroatoms. The molecule has 0 aliphatic carbocycles. The Bertz CT molecular complexity index is 526. The van der Waals surface area contributed by atoms with Crippen molar-refractivity contribution in [2.24, 2.45) is 0 Å². The van der Waals surface area contributed by atoms with E-state index in [4.69, 9.17) is 5.73 Å². The Hall–Kier alpha value is -1.49. The maximum Gasteiger partial charge on any atom is 0.220 e. The number of rotatable bonds is 2. The second-order valence-corrected chi connectivity index (χ2v) is 4.57. The third-order valence-electron chi connectivity index (χ3n) is 2.31. The Labute approximate surface area is 107 Å². The minimum Gasteiger partial charge on any atom is -0.368 e. The summed E-state index contributed by atoms with van der Waals surface area (Å²) in [6.07, 6.45) is -1.16. The molecule has 1 aromatic heterocycles. The molecular weight excluding hydrogens is 285 g/mol. The number of halogens is 2. The lowest BCUT2D eigenvalue weighted by Crippen LogP contribution is -2.01. The number of alkyl halides is 1. The van der Waals surface area contributed by atoms with Gasteiger partial charge in [0.25, 0.3) is 0 Å². The molecule has 0 bridgehead atoms. The minimum atomic E-state index is -1.16. The molecule has 1 unspecified atom stereocenters. The minimum absolute atomic E-state index is 0.0879. The van der Waals surface area contributed by atoms with Crippen LogP contribution in [0.25, 0.3) is 11.3 Å². The average molecular weight is 296 g/mol. The molecule has 0 saturated carbocycles. The van der Waals surface area contributed by atoms with Gasteiger partial charge < -0.3 is 5.73 Å². The quantitative estimate of drug-likeness (QED) is 0.922. The van der Waals surface area contributed by atoms with E-state index in [0.717, 1.165) is 10.0 Å². The van der Waals surface area contributed by atoms with Crippen molar-refractivity contribution in [3.05, 3.63) is 40.5 Å². The predicted molar refractivity (Wildman–Crippen MR) is 69.1 cm³/mol. The van der Waals surface area contributed by atoms with Crippen LogP contribution in [0.4, 0.5) is 10.3 Å². The number of anilines is 1. The average Bonchev–Trinajstić information content (AvgIpc) is 2.29. The Kier molecular flexibility index (Phi) is 3.38. The molecule has 0 amide bonds. The summed E-state index contributed by atoms with van der Waals surface area (Å²) >= 11 is 3.35. The lowest BCUT2D eigenvalue weighted by Gasteiger charge is -2.06. The van der Waals surface area contributed by atoms with Crippen LogP contribution in [0.15, 0.2) is 34.8 Å². The van der Waals surface area contributed by atoms with E-state index >= 15 is 0 Å². The molecule has 0 aliphatic heterocycles. The molecule has 0 saturated heterocycles. The van der Waals surface area contributed by atoms with Gasteiger partial charge in [0.05, 0.1) is 11.4 Å². The smallest absolute Gasteiger partial charge is 0.220 e. The van der Waals surface area contributed by atoms with Gasteiger partial charge in [-0.15, -0.1) is 0 Å². The molecule has 3 nitrogen and oxygen atoms in total. The van der Waals surface area contributed by atoms with Crippen molar-refractivity contribution >= 4 is 21.9 Å². The summed E-state index contributed by atoms with van der Waals surface area (Å²) in [7, 11) is 0. The first-order valence-electron chi connectivity index (χ1n) is 5.11. The molecule has 0 radical (unpaired) electrons. The van der Waals surface area contributed by atoms with Gasteiger partial charge in [-0.3, -0.25) is 0 Å². The van der Waals surface area contributed by atoms with Crippen molar-refractivity contribution in [2.75, 3.05) is 5.73 Å². The molecule has 17 heavy (non-hydrogen) atoms. The van der Waals surface area contributed by atoms with Gasteiger partial charge in [0.15, 0.2) is 0 Å². The number of nitrogens with two attached hydrogens (primary N) is 1. The van der Waals surface area contributed by atoms with Crippen LogP contribution in [0, 0.1) is 0 Å². The van der Waals surface area contributed by atoms with Gasteiger partial charge in [-0.25, -0.2) is 14.4 Å². The SMILES string of the molecule is CC(F)c1cc(-c2ccc(Br)cc2)nc(N)n1. The summed E-state index contributed by atoms with van der Waals surface area (Å²) in [6.45, 7) is 1.42. The molecule has 0 fully saturated rings. The standard InChI is InChI=1S/C12H11BrFN3/c1-7(14)10-6-11(17-12(15)16-10)8-2-4-9(13)5-3-8/h2-7H,1H3,(H2,15,16,17). The van der Waals surface area contributed by atoms with Crippen molar-refractivity contribution in [1.29, 1.82) is 0 Å². The van der Waals surface area contributed by atoms with Crippen LogP contribution in [0.3, 0.4) is 0 Å². The van der Waals surface area contributed by atoms with Crippen molar-refractivity contribution in [3.8, 4) is 11.3 Å². The molecule has 2 N–H and O–H groups in total. The van der Waals surface area contributed by atoms with Crippen molar-refractivity contribution in [3.63, 3.8) is 0 Å². The van der Waals surface area contributed by atoms with Crippen LogP contribution in [-0.4, -0.2) is 9.97 Å².